The fourth-order valence-electron chi connectivity index (χ4n) is 3.58. The lowest BCUT2D eigenvalue weighted by Gasteiger charge is -2.44. The van der Waals surface area contributed by atoms with E-state index in [0.29, 0.717) is 11.5 Å². The quantitative estimate of drug-likeness (QED) is 0.776. The Morgan fingerprint density at radius 2 is 1.67 bits per heavy atom. The topological polar surface area (TPSA) is 27.7 Å². The average molecular weight is 297 g/mol. The van der Waals surface area contributed by atoms with Crippen LogP contribution in [0.5, 0.6) is 0 Å². The van der Waals surface area contributed by atoms with Crippen LogP contribution in [0.4, 0.5) is 0 Å². The van der Waals surface area contributed by atoms with Crippen LogP contribution in [0.15, 0.2) is 0 Å². The summed E-state index contributed by atoms with van der Waals surface area (Å²) in [6.07, 6.45) is 3.70. The Morgan fingerprint density at radius 1 is 1.05 bits per heavy atom. The van der Waals surface area contributed by atoms with Gasteiger partial charge in [0.15, 0.2) is 0 Å². The smallest absolute Gasteiger partial charge is 0.0472 e. The van der Waals surface area contributed by atoms with E-state index in [1.54, 1.807) is 0 Å². The highest BCUT2D eigenvalue weighted by molar-refractivity contribution is 4.89. The van der Waals surface area contributed by atoms with Crippen LogP contribution in [-0.2, 0) is 4.74 Å². The van der Waals surface area contributed by atoms with E-state index in [1.807, 2.05) is 0 Å². The van der Waals surface area contributed by atoms with Crippen molar-refractivity contribution >= 4 is 0 Å². The van der Waals surface area contributed by atoms with Crippen LogP contribution < -0.4 is 5.32 Å². The Hall–Kier alpha value is -0.160. The summed E-state index contributed by atoms with van der Waals surface area (Å²) >= 11 is 0. The van der Waals surface area contributed by atoms with Crippen molar-refractivity contribution in [1.29, 1.82) is 0 Å². The van der Waals surface area contributed by atoms with Crippen LogP contribution in [0.25, 0.3) is 0 Å². The molecular formula is C17H35N3O. The molecule has 0 spiro atoms. The lowest BCUT2D eigenvalue weighted by Crippen LogP contribution is -2.53. The highest BCUT2D eigenvalue weighted by Crippen LogP contribution is 2.31. The van der Waals surface area contributed by atoms with E-state index in [9.17, 15) is 0 Å². The van der Waals surface area contributed by atoms with E-state index in [4.69, 9.17) is 4.74 Å². The number of piperazine rings is 1. The van der Waals surface area contributed by atoms with Crippen molar-refractivity contribution in [3.05, 3.63) is 0 Å². The first kappa shape index (κ1) is 17.2. The van der Waals surface area contributed by atoms with Crippen molar-refractivity contribution in [2.24, 2.45) is 5.41 Å². The normalized spacial score (nSPS) is 24.6. The number of ether oxygens (including phenoxy) is 1. The zero-order chi connectivity index (χ0) is 15.1. The first-order valence-corrected chi connectivity index (χ1v) is 8.89. The average Bonchev–Trinajstić information content (AvgIpc) is 2.49. The highest BCUT2D eigenvalue weighted by Gasteiger charge is 2.35. The number of nitrogens with zero attached hydrogens (tertiary/aromatic N) is 2. The van der Waals surface area contributed by atoms with Crippen LogP contribution in [0.2, 0.25) is 0 Å². The Labute approximate surface area is 131 Å². The maximum absolute atomic E-state index is 5.62. The second kappa shape index (κ2) is 8.47. The summed E-state index contributed by atoms with van der Waals surface area (Å²) in [6.45, 7) is 17.3. The number of hydrogen-bond donors (Lipinski definition) is 1. The standard InChI is InChI=1S/C17H35N3O/c1-4-7-19-8-10-20(11-9-19)15-17(14-18-16(2)3)5-12-21-13-6-17/h16,18H,4-15H2,1-3H3. The van der Waals surface area contributed by atoms with Gasteiger partial charge in [-0.15, -0.1) is 0 Å². The van der Waals surface area contributed by atoms with Gasteiger partial charge < -0.3 is 19.9 Å². The Balaban J connectivity index is 1.84. The summed E-state index contributed by atoms with van der Waals surface area (Å²) in [5.41, 5.74) is 0.426. The molecule has 4 nitrogen and oxygen atoms in total. The largest absolute Gasteiger partial charge is 0.381 e. The van der Waals surface area contributed by atoms with Gasteiger partial charge in [-0.25, -0.2) is 0 Å². The fraction of sp³-hybridized carbons (Fsp3) is 1.00. The van der Waals surface area contributed by atoms with Gasteiger partial charge in [0, 0.05) is 58.5 Å². The molecular weight excluding hydrogens is 262 g/mol. The molecule has 2 heterocycles. The minimum atomic E-state index is 0.426. The molecule has 0 bridgehead atoms. The second-order valence-electron chi connectivity index (χ2n) is 7.27. The molecule has 2 fully saturated rings. The summed E-state index contributed by atoms with van der Waals surface area (Å²) < 4.78 is 5.62. The summed E-state index contributed by atoms with van der Waals surface area (Å²) in [5.74, 6) is 0. The van der Waals surface area contributed by atoms with E-state index in [1.165, 1.54) is 58.5 Å². The van der Waals surface area contributed by atoms with E-state index in [-0.39, 0.29) is 0 Å². The van der Waals surface area contributed by atoms with Gasteiger partial charge in [-0.3, -0.25) is 0 Å². The molecule has 2 aliphatic heterocycles. The van der Waals surface area contributed by atoms with Gasteiger partial charge >= 0.3 is 0 Å². The number of rotatable bonds is 7. The van der Waals surface area contributed by atoms with Crippen LogP contribution in [-0.4, -0.2) is 74.9 Å². The third-order valence-electron chi connectivity index (χ3n) is 5.00. The zero-order valence-corrected chi connectivity index (χ0v) is 14.4. The SMILES string of the molecule is CCCN1CCN(CC2(CNC(C)C)CCOCC2)CC1. The molecule has 2 rings (SSSR count). The monoisotopic (exact) mass is 297 g/mol. The summed E-state index contributed by atoms with van der Waals surface area (Å²) in [5, 5.41) is 3.68. The third kappa shape index (κ3) is 5.51. The maximum Gasteiger partial charge on any atom is 0.0472 e. The molecule has 2 aliphatic rings. The lowest BCUT2D eigenvalue weighted by molar-refractivity contribution is -0.0131. The molecule has 0 aliphatic carbocycles. The van der Waals surface area contributed by atoms with Gasteiger partial charge in [0.1, 0.15) is 0 Å². The van der Waals surface area contributed by atoms with Crippen molar-refractivity contribution in [1.82, 2.24) is 15.1 Å². The molecule has 0 aromatic heterocycles. The minimum Gasteiger partial charge on any atom is -0.381 e. The van der Waals surface area contributed by atoms with Crippen molar-refractivity contribution < 1.29 is 4.74 Å². The Kier molecular flexibility index (Phi) is 6.93. The lowest BCUT2D eigenvalue weighted by atomic mass is 9.79. The van der Waals surface area contributed by atoms with Crippen LogP contribution in [0.1, 0.15) is 40.0 Å². The molecule has 21 heavy (non-hydrogen) atoms. The molecule has 0 atom stereocenters. The Bertz CT molecular complexity index is 282. The molecule has 0 amide bonds. The van der Waals surface area contributed by atoms with Crippen molar-refractivity contribution in [3.8, 4) is 0 Å². The van der Waals surface area contributed by atoms with E-state index >= 15 is 0 Å². The van der Waals surface area contributed by atoms with Crippen molar-refractivity contribution in [2.45, 2.75) is 46.1 Å². The van der Waals surface area contributed by atoms with Gasteiger partial charge in [0.05, 0.1) is 0 Å². The number of hydrogen-bond acceptors (Lipinski definition) is 4. The van der Waals surface area contributed by atoms with Gasteiger partial charge in [-0.1, -0.05) is 20.8 Å². The summed E-state index contributed by atoms with van der Waals surface area (Å²) in [7, 11) is 0. The van der Waals surface area contributed by atoms with Gasteiger partial charge in [-0.05, 0) is 31.2 Å². The maximum atomic E-state index is 5.62. The summed E-state index contributed by atoms with van der Waals surface area (Å²) in [4.78, 5) is 5.30. The van der Waals surface area contributed by atoms with Gasteiger partial charge in [0.2, 0.25) is 0 Å². The molecule has 1 N–H and O–H groups in total. The van der Waals surface area contributed by atoms with Crippen LogP contribution in [0.3, 0.4) is 0 Å². The van der Waals surface area contributed by atoms with Crippen molar-refractivity contribution in [3.63, 3.8) is 0 Å². The first-order chi connectivity index (χ1) is 10.1. The van der Waals surface area contributed by atoms with E-state index in [0.717, 1.165) is 19.8 Å². The second-order valence-corrected chi connectivity index (χ2v) is 7.27. The summed E-state index contributed by atoms with van der Waals surface area (Å²) in [6, 6.07) is 0.575. The molecule has 0 saturated carbocycles. The molecule has 4 heteroatoms. The van der Waals surface area contributed by atoms with E-state index < -0.39 is 0 Å². The number of nitrogens with one attached hydrogen (secondary N) is 1. The molecule has 124 valence electrons. The minimum absolute atomic E-state index is 0.426. The molecule has 0 aromatic carbocycles. The highest BCUT2D eigenvalue weighted by atomic mass is 16.5. The predicted octanol–water partition coefficient (Wildman–Crippen LogP) is 1.81. The molecule has 2 saturated heterocycles. The van der Waals surface area contributed by atoms with Gasteiger partial charge in [-0.2, -0.15) is 0 Å². The molecule has 0 aromatic rings. The molecule has 0 unspecified atom stereocenters. The molecule has 0 radical (unpaired) electrons. The predicted molar refractivity (Wildman–Crippen MR) is 88.8 cm³/mol. The zero-order valence-electron chi connectivity index (χ0n) is 14.4. The van der Waals surface area contributed by atoms with E-state index in [2.05, 4.69) is 35.9 Å². The fourth-order valence-corrected chi connectivity index (χ4v) is 3.58. The third-order valence-corrected chi connectivity index (χ3v) is 5.00. The van der Waals surface area contributed by atoms with Crippen molar-refractivity contribution in [2.75, 3.05) is 59.0 Å². The van der Waals surface area contributed by atoms with Gasteiger partial charge in [0.25, 0.3) is 0 Å². The Morgan fingerprint density at radius 3 is 2.24 bits per heavy atom. The van der Waals surface area contributed by atoms with Crippen LogP contribution >= 0.6 is 0 Å². The van der Waals surface area contributed by atoms with Crippen LogP contribution in [0, 0.1) is 5.41 Å². The first-order valence-electron chi connectivity index (χ1n) is 8.89.